The lowest BCUT2D eigenvalue weighted by Crippen LogP contribution is -2.66. The summed E-state index contributed by atoms with van der Waals surface area (Å²) < 4.78 is 15.6. The molecule has 0 aliphatic carbocycles. The van der Waals surface area contributed by atoms with Crippen LogP contribution in [0.5, 0.6) is 0 Å². The van der Waals surface area contributed by atoms with Gasteiger partial charge in [-0.3, -0.25) is 4.79 Å². The monoisotopic (exact) mass is 292 g/mol. The molecule has 0 spiro atoms. The van der Waals surface area contributed by atoms with Crippen LogP contribution < -0.4 is 0 Å². The van der Waals surface area contributed by atoms with Crippen molar-refractivity contribution in [2.45, 2.75) is 37.9 Å². The molecule has 0 amide bonds. The summed E-state index contributed by atoms with van der Waals surface area (Å²) in [5.74, 6) is -3.61. The molecule has 2 N–H and O–H groups in total. The van der Waals surface area contributed by atoms with Gasteiger partial charge in [0.2, 0.25) is 0 Å². The molecule has 3 atom stereocenters. The Balaban J connectivity index is 6.13. The average Bonchev–Trinajstić information content (AvgIpc) is 2.42. The van der Waals surface area contributed by atoms with Crippen molar-refractivity contribution in [1.29, 1.82) is 0 Å². The van der Waals surface area contributed by atoms with Crippen LogP contribution in [0.2, 0.25) is 0 Å². The van der Waals surface area contributed by atoms with E-state index in [0.717, 1.165) is 0 Å². The molecule has 7 heteroatoms. The summed E-state index contributed by atoms with van der Waals surface area (Å²) in [4.78, 5) is 23.3. The van der Waals surface area contributed by atoms with Crippen LogP contribution in [-0.2, 0) is 23.8 Å². The Kier molecular flexibility index (Phi) is 7.12. The lowest BCUT2D eigenvalue weighted by atomic mass is 9.70. The van der Waals surface area contributed by atoms with Crippen LogP contribution in [-0.4, -0.2) is 61.3 Å². The smallest absolute Gasteiger partial charge is 0.339 e. The van der Waals surface area contributed by atoms with Gasteiger partial charge < -0.3 is 24.4 Å². The first kappa shape index (κ1) is 18.8. The Morgan fingerprint density at radius 1 is 1.05 bits per heavy atom. The topological polar surface area (TPSA) is 102 Å². The summed E-state index contributed by atoms with van der Waals surface area (Å²) in [6.07, 6.45) is 0.214. The number of hydrogen-bond donors (Lipinski definition) is 2. The molecule has 0 saturated carbocycles. The van der Waals surface area contributed by atoms with Gasteiger partial charge in [0.15, 0.2) is 5.60 Å². The van der Waals surface area contributed by atoms with E-state index in [1.807, 2.05) is 0 Å². The maximum absolute atomic E-state index is 11.7. The van der Waals surface area contributed by atoms with E-state index in [1.54, 1.807) is 13.8 Å². The maximum Gasteiger partial charge on any atom is 0.339 e. The first-order valence-electron chi connectivity index (χ1n) is 6.38. The average molecular weight is 292 g/mol. The van der Waals surface area contributed by atoms with Gasteiger partial charge in [-0.05, 0) is 12.8 Å². The lowest BCUT2D eigenvalue weighted by Gasteiger charge is -2.47. The third kappa shape index (κ3) is 2.79. The summed E-state index contributed by atoms with van der Waals surface area (Å²) >= 11 is 0. The number of ether oxygens (including phenoxy) is 3. The van der Waals surface area contributed by atoms with Gasteiger partial charge in [0.05, 0.1) is 6.61 Å². The molecule has 0 aliphatic heterocycles. The first-order chi connectivity index (χ1) is 9.33. The van der Waals surface area contributed by atoms with E-state index in [1.165, 1.54) is 21.3 Å². The Morgan fingerprint density at radius 2 is 1.60 bits per heavy atom. The van der Waals surface area contributed by atoms with Gasteiger partial charge in [0.25, 0.3) is 0 Å². The molecular weight excluding hydrogens is 268 g/mol. The number of methoxy groups -OCH3 is 3. The predicted octanol–water partition coefficient (Wildman–Crippen LogP) is 1.01. The summed E-state index contributed by atoms with van der Waals surface area (Å²) in [7, 11) is 3.89. The highest BCUT2D eigenvalue weighted by Gasteiger charge is 2.62. The van der Waals surface area contributed by atoms with Gasteiger partial charge in [-0.2, -0.15) is 0 Å². The zero-order valence-electron chi connectivity index (χ0n) is 12.6. The highest BCUT2D eigenvalue weighted by atomic mass is 16.6. The van der Waals surface area contributed by atoms with Crippen LogP contribution in [0.3, 0.4) is 0 Å². The van der Waals surface area contributed by atoms with E-state index < -0.39 is 29.1 Å². The highest BCUT2D eigenvalue weighted by molar-refractivity contribution is 5.82. The first-order valence-corrected chi connectivity index (χ1v) is 6.38. The number of carboxylic acids is 2. The van der Waals surface area contributed by atoms with Gasteiger partial charge in [-0.1, -0.05) is 13.8 Å². The molecule has 0 aliphatic rings. The summed E-state index contributed by atoms with van der Waals surface area (Å²) in [5, 5.41) is 19.0. The molecular formula is C13H24O7. The van der Waals surface area contributed by atoms with Crippen LogP contribution in [0.4, 0.5) is 0 Å². The van der Waals surface area contributed by atoms with Crippen molar-refractivity contribution in [3.8, 4) is 0 Å². The van der Waals surface area contributed by atoms with E-state index in [-0.39, 0.29) is 19.4 Å². The zero-order valence-corrected chi connectivity index (χ0v) is 12.6. The number of hydrogen-bond acceptors (Lipinski definition) is 5. The van der Waals surface area contributed by atoms with E-state index in [0.29, 0.717) is 0 Å². The number of carboxylic acid groups (broad SMARTS) is 2. The maximum atomic E-state index is 11.7. The van der Waals surface area contributed by atoms with Gasteiger partial charge >= 0.3 is 11.9 Å². The lowest BCUT2D eigenvalue weighted by molar-refractivity contribution is -0.233. The molecule has 0 aromatic heterocycles. The second-order valence-electron chi connectivity index (χ2n) is 4.48. The van der Waals surface area contributed by atoms with E-state index in [2.05, 4.69) is 0 Å². The van der Waals surface area contributed by atoms with Crippen LogP contribution in [0.15, 0.2) is 0 Å². The van der Waals surface area contributed by atoms with E-state index in [4.69, 9.17) is 14.2 Å². The Hall–Kier alpha value is -1.18. The molecule has 0 radical (unpaired) electrons. The quantitative estimate of drug-likeness (QED) is 0.619. The van der Waals surface area contributed by atoms with Gasteiger partial charge in [-0.25, -0.2) is 4.79 Å². The van der Waals surface area contributed by atoms with Crippen molar-refractivity contribution < 1.29 is 34.0 Å². The van der Waals surface area contributed by atoms with Gasteiger partial charge in [0, 0.05) is 21.3 Å². The second-order valence-corrected chi connectivity index (χ2v) is 4.48. The Labute approximate surface area is 118 Å². The molecule has 0 rings (SSSR count). The van der Waals surface area contributed by atoms with E-state index in [9.17, 15) is 19.8 Å². The standard InChI is InChI=1S/C13H24O7/c1-6-12(19-4,9(8-18-3)10(14)15)13(7-2,20-5)11(16)17/h9H,6-8H2,1-5H3,(H,14,15)(H,16,17). The van der Waals surface area contributed by atoms with Crippen LogP contribution >= 0.6 is 0 Å². The fourth-order valence-corrected chi connectivity index (χ4v) is 2.87. The molecule has 0 aromatic carbocycles. The van der Waals surface area contributed by atoms with Crippen molar-refractivity contribution in [1.82, 2.24) is 0 Å². The molecule has 3 unspecified atom stereocenters. The van der Waals surface area contributed by atoms with Crippen LogP contribution in [0.25, 0.3) is 0 Å². The van der Waals surface area contributed by atoms with Gasteiger partial charge in [0.1, 0.15) is 11.5 Å². The Morgan fingerprint density at radius 3 is 1.80 bits per heavy atom. The van der Waals surface area contributed by atoms with Crippen LogP contribution in [0, 0.1) is 5.92 Å². The van der Waals surface area contributed by atoms with Gasteiger partial charge in [-0.15, -0.1) is 0 Å². The van der Waals surface area contributed by atoms with Crippen LogP contribution in [0.1, 0.15) is 26.7 Å². The van der Waals surface area contributed by atoms with Crippen molar-refractivity contribution >= 4 is 11.9 Å². The molecule has 7 nitrogen and oxygen atoms in total. The minimum Gasteiger partial charge on any atom is -0.481 e. The highest BCUT2D eigenvalue weighted by Crippen LogP contribution is 2.42. The van der Waals surface area contributed by atoms with Crippen molar-refractivity contribution in [2.24, 2.45) is 5.92 Å². The summed E-state index contributed by atoms with van der Waals surface area (Å²) in [5.41, 5.74) is -3.30. The molecule has 0 bridgehead atoms. The van der Waals surface area contributed by atoms with E-state index >= 15 is 0 Å². The van der Waals surface area contributed by atoms with Crippen molar-refractivity contribution in [2.75, 3.05) is 27.9 Å². The molecule has 0 fully saturated rings. The molecule has 118 valence electrons. The number of carbonyl (C=O) groups is 2. The summed E-state index contributed by atoms with van der Waals surface area (Å²) in [6.45, 7) is 3.11. The third-order valence-corrected chi connectivity index (χ3v) is 3.96. The second kappa shape index (κ2) is 7.56. The molecule has 0 saturated heterocycles. The fraction of sp³-hybridized carbons (Fsp3) is 0.846. The third-order valence-electron chi connectivity index (χ3n) is 3.96. The molecule has 0 aromatic rings. The largest absolute Gasteiger partial charge is 0.481 e. The normalized spacial score (nSPS) is 18.9. The summed E-state index contributed by atoms with van der Waals surface area (Å²) in [6, 6.07) is 0. The zero-order chi connectivity index (χ0) is 16.0. The SMILES string of the molecule is CCC(OC)(C(=O)O)C(CC)(OC)C(COC)C(=O)O. The minimum atomic E-state index is -1.77. The number of aliphatic carboxylic acids is 2. The minimum absolute atomic E-state index is 0.0635. The predicted molar refractivity (Wildman–Crippen MR) is 70.7 cm³/mol. The van der Waals surface area contributed by atoms with Crippen molar-refractivity contribution in [3.05, 3.63) is 0 Å². The number of rotatable bonds is 10. The molecule has 20 heavy (non-hydrogen) atoms. The van der Waals surface area contributed by atoms with Crippen molar-refractivity contribution in [3.63, 3.8) is 0 Å². The molecule has 0 heterocycles. The fourth-order valence-electron chi connectivity index (χ4n) is 2.87. The Bertz CT molecular complexity index is 332.